The number of hydrogen-bond acceptors (Lipinski definition) is 5. The Kier molecular flexibility index (Phi) is 5.18. The average molecular weight is 289 g/mol. The first-order valence-corrected chi connectivity index (χ1v) is 5.48. The Morgan fingerprint density at radius 3 is 2.65 bits per heavy atom. The van der Waals surface area contributed by atoms with Gasteiger partial charge in [-0.2, -0.15) is 8.78 Å². The van der Waals surface area contributed by atoms with Gasteiger partial charge in [0.05, 0.1) is 23.2 Å². The molecule has 0 saturated heterocycles. The molecule has 1 rings (SSSR count). The fourth-order valence-corrected chi connectivity index (χ4v) is 1.29. The van der Waals surface area contributed by atoms with Gasteiger partial charge in [0, 0.05) is 20.2 Å². The van der Waals surface area contributed by atoms with E-state index >= 15 is 0 Å². The maximum atomic E-state index is 12.3. The molecule has 0 saturated carbocycles. The Morgan fingerprint density at radius 1 is 1.50 bits per heavy atom. The lowest BCUT2D eigenvalue weighted by Gasteiger charge is -2.14. The fourth-order valence-electron chi connectivity index (χ4n) is 1.29. The molecule has 0 bridgehead atoms. The number of nitro benzene ring substituents is 1. The summed E-state index contributed by atoms with van der Waals surface area (Å²) in [6, 6.07) is 3.20. The first kappa shape index (κ1) is 15.6. The molecule has 0 aliphatic carbocycles. The number of benzene rings is 1. The van der Waals surface area contributed by atoms with Crippen LogP contribution in [0.25, 0.3) is 0 Å². The molecule has 0 radical (unpaired) electrons. The van der Waals surface area contributed by atoms with Crippen LogP contribution in [-0.4, -0.2) is 43.0 Å². The summed E-state index contributed by atoms with van der Waals surface area (Å²) in [5.41, 5.74) is -0.309. The van der Waals surface area contributed by atoms with E-state index in [-0.39, 0.29) is 29.6 Å². The van der Waals surface area contributed by atoms with E-state index in [1.165, 1.54) is 25.1 Å². The van der Waals surface area contributed by atoms with E-state index in [1.807, 2.05) is 0 Å². The van der Waals surface area contributed by atoms with Gasteiger partial charge in [0.2, 0.25) is 5.91 Å². The Morgan fingerprint density at radius 2 is 2.15 bits per heavy atom. The average Bonchev–Trinajstić information content (AvgIpc) is 2.35. The van der Waals surface area contributed by atoms with Crippen molar-refractivity contribution in [2.24, 2.45) is 0 Å². The summed E-state index contributed by atoms with van der Waals surface area (Å²) in [6.45, 7) is -3.27. The number of likely N-dealkylation sites (N-methyl/N-ethyl adjacent to an activating group) is 1. The van der Waals surface area contributed by atoms with Crippen molar-refractivity contribution >= 4 is 17.3 Å². The van der Waals surface area contributed by atoms with E-state index in [0.29, 0.717) is 0 Å². The number of rotatable bonds is 6. The van der Waals surface area contributed by atoms with Crippen molar-refractivity contribution < 1.29 is 23.2 Å². The fraction of sp³-hybridized carbons (Fsp3) is 0.364. The number of amides is 1. The van der Waals surface area contributed by atoms with Gasteiger partial charge in [0.15, 0.2) is 5.75 Å². The molecule has 1 aromatic rings. The van der Waals surface area contributed by atoms with Crippen LogP contribution in [0.5, 0.6) is 5.75 Å². The number of non-ortho nitro benzene ring substituents is 1. The predicted octanol–water partition coefficient (Wildman–Crippen LogP) is 1.70. The monoisotopic (exact) mass is 289 g/mol. The molecular formula is C11H13F2N3O4. The van der Waals surface area contributed by atoms with Crippen molar-refractivity contribution in [2.45, 2.75) is 6.61 Å². The van der Waals surface area contributed by atoms with Crippen molar-refractivity contribution in [1.29, 1.82) is 0 Å². The number of carbonyl (C=O) groups is 1. The summed E-state index contributed by atoms with van der Waals surface area (Å²) in [4.78, 5) is 22.6. The van der Waals surface area contributed by atoms with E-state index in [1.54, 1.807) is 0 Å². The summed E-state index contributed by atoms with van der Waals surface area (Å²) in [5, 5.41) is 13.2. The molecule has 9 heteroatoms. The zero-order valence-electron chi connectivity index (χ0n) is 10.8. The van der Waals surface area contributed by atoms with Gasteiger partial charge in [-0.1, -0.05) is 0 Å². The summed E-state index contributed by atoms with van der Waals surface area (Å²) in [7, 11) is 3.08. The molecule has 0 unspecified atom stereocenters. The van der Waals surface area contributed by atoms with Gasteiger partial charge >= 0.3 is 6.61 Å². The minimum atomic E-state index is -3.12. The number of nitro groups is 1. The van der Waals surface area contributed by atoms with Crippen LogP contribution in [0.3, 0.4) is 0 Å². The number of carbonyl (C=O) groups excluding carboxylic acids is 1. The number of ether oxygens (including phenoxy) is 1. The van der Waals surface area contributed by atoms with Gasteiger partial charge in [0.1, 0.15) is 0 Å². The zero-order valence-corrected chi connectivity index (χ0v) is 10.8. The predicted molar refractivity (Wildman–Crippen MR) is 66.9 cm³/mol. The highest BCUT2D eigenvalue weighted by Crippen LogP contribution is 2.30. The Labute approximate surface area is 113 Å². The van der Waals surface area contributed by atoms with Crippen LogP contribution < -0.4 is 10.1 Å². The summed E-state index contributed by atoms with van der Waals surface area (Å²) in [5.74, 6) is -0.674. The molecule has 0 aromatic heterocycles. The molecule has 0 spiro atoms. The number of hydrogen-bond donors (Lipinski definition) is 1. The zero-order chi connectivity index (χ0) is 15.3. The van der Waals surface area contributed by atoms with Crippen molar-refractivity contribution in [3.63, 3.8) is 0 Å². The lowest BCUT2D eigenvalue weighted by Crippen LogP contribution is -2.28. The Bertz CT molecular complexity index is 508. The Hall–Kier alpha value is -2.45. The van der Waals surface area contributed by atoms with E-state index < -0.39 is 11.5 Å². The quantitative estimate of drug-likeness (QED) is 0.636. The van der Waals surface area contributed by atoms with Gasteiger partial charge in [-0.3, -0.25) is 14.9 Å². The highest BCUT2D eigenvalue weighted by atomic mass is 19.3. The molecular weight excluding hydrogens is 276 g/mol. The second-order valence-corrected chi connectivity index (χ2v) is 3.96. The first-order chi connectivity index (χ1) is 9.31. The molecule has 1 N–H and O–H groups in total. The SMILES string of the molecule is CN(C)C(=O)CNc1ccc([N+](=O)[O-])cc1OC(F)F. The highest BCUT2D eigenvalue weighted by molar-refractivity contribution is 5.81. The van der Waals surface area contributed by atoms with E-state index in [4.69, 9.17) is 0 Å². The summed E-state index contributed by atoms with van der Waals surface area (Å²) < 4.78 is 28.7. The van der Waals surface area contributed by atoms with Gasteiger partial charge in [-0.05, 0) is 6.07 Å². The van der Waals surface area contributed by atoms with Crippen LogP contribution in [0.1, 0.15) is 0 Å². The minimum absolute atomic E-state index is 0.0751. The second-order valence-electron chi connectivity index (χ2n) is 3.96. The maximum absolute atomic E-state index is 12.3. The largest absolute Gasteiger partial charge is 0.432 e. The minimum Gasteiger partial charge on any atom is -0.432 e. The standard InChI is InChI=1S/C11H13F2N3O4/c1-15(2)10(17)6-14-8-4-3-7(16(18)19)5-9(8)20-11(12)13/h3-5,11,14H,6H2,1-2H3. The second kappa shape index (κ2) is 6.64. The first-order valence-electron chi connectivity index (χ1n) is 5.48. The molecule has 7 nitrogen and oxygen atoms in total. The number of nitrogens with zero attached hydrogens (tertiary/aromatic N) is 2. The third kappa shape index (κ3) is 4.34. The molecule has 0 fully saturated rings. The van der Waals surface area contributed by atoms with Crippen LogP contribution >= 0.6 is 0 Å². The van der Waals surface area contributed by atoms with E-state index in [9.17, 15) is 23.7 Å². The Balaban J connectivity index is 2.93. The molecule has 0 atom stereocenters. The van der Waals surface area contributed by atoms with Crippen LogP contribution in [0, 0.1) is 10.1 Å². The van der Waals surface area contributed by atoms with Gasteiger partial charge < -0.3 is 15.0 Å². The molecule has 110 valence electrons. The number of nitrogens with one attached hydrogen (secondary N) is 1. The van der Waals surface area contributed by atoms with Crippen LogP contribution in [0.2, 0.25) is 0 Å². The molecule has 0 aliphatic heterocycles. The number of anilines is 1. The van der Waals surface area contributed by atoms with Crippen molar-refractivity contribution in [1.82, 2.24) is 4.90 Å². The van der Waals surface area contributed by atoms with Crippen molar-refractivity contribution in [3.05, 3.63) is 28.3 Å². The maximum Gasteiger partial charge on any atom is 0.387 e. The van der Waals surface area contributed by atoms with Gasteiger partial charge in [-0.25, -0.2) is 0 Å². The third-order valence-electron chi connectivity index (χ3n) is 2.32. The summed E-state index contributed by atoms with van der Waals surface area (Å²) in [6.07, 6.45) is 0. The van der Waals surface area contributed by atoms with Gasteiger partial charge in [-0.15, -0.1) is 0 Å². The topological polar surface area (TPSA) is 84.7 Å². The molecule has 1 aromatic carbocycles. The van der Waals surface area contributed by atoms with Crippen molar-refractivity contribution in [2.75, 3.05) is 26.0 Å². The molecule has 0 heterocycles. The van der Waals surface area contributed by atoms with Crippen molar-refractivity contribution in [3.8, 4) is 5.75 Å². The smallest absolute Gasteiger partial charge is 0.387 e. The lowest BCUT2D eigenvalue weighted by atomic mass is 10.2. The summed E-state index contributed by atoms with van der Waals surface area (Å²) >= 11 is 0. The highest BCUT2D eigenvalue weighted by Gasteiger charge is 2.16. The molecule has 1 amide bonds. The normalized spacial score (nSPS) is 10.2. The van der Waals surface area contributed by atoms with Crippen LogP contribution in [0.4, 0.5) is 20.2 Å². The lowest BCUT2D eigenvalue weighted by molar-refractivity contribution is -0.385. The molecule has 0 aliphatic rings. The van der Waals surface area contributed by atoms with E-state index in [0.717, 1.165) is 12.1 Å². The van der Waals surface area contributed by atoms with Crippen LogP contribution in [-0.2, 0) is 4.79 Å². The molecule has 20 heavy (non-hydrogen) atoms. The van der Waals surface area contributed by atoms with Gasteiger partial charge in [0.25, 0.3) is 5.69 Å². The van der Waals surface area contributed by atoms with E-state index in [2.05, 4.69) is 10.1 Å². The van der Waals surface area contributed by atoms with Crippen LogP contribution in [0.15, 0.2) is 18.2 Å². The number of halogens is 2. The number of alkyl halides is 2. The third-order valence-corrected chi connectivity index (χ3v) is 2.32.